The number of nitrogens with zero attached hydrogens (tertiary/aromatic N) is 3. The molecule has 6 heteroatoms. The average Bonchev–Trinajstić information content (AvgIpc) is 3.38. The van der Waals surface area contributed by atoms with Crippen LogP contribution in [0.15, 0.2) is 42.7 Å². The van der Waals surface area contributed by atoms with Crippen molar-refractivity contribution in [2.24, 2.45) is 5.92 Å². The van der Waals surface area contributed by atoms with E-state index < -0.39 is 0 Å². The van der Waals surface area contributed by atoms with Crippen molar-refractivity contribution in [2.75, 3.05) is 31.2 Å². The van der Waals surface area contributed by atoms with Crippen LogP contribution in [-0.2, 0) is 14.9 Å². The van der Waals surface area contributed by atoms with Gasteiger partial charge in [0, 0.05) is 37.5 Å². The summed E-state index contributed by atoms with van der Waals surface area (Å²) in [6.45, 7) is 3.13. The Labute approximate surface area is 165 Å². The van der Waals surface area contributed by atoms with E-state index >= 15 is 0 Å². The Morgan fingerprint density at radius 2 is 1.93 bits per heavy atom. The Hall–Kier alpha value is -2.47. The van der Waals surface area contributed by atoms with Crippen LogP contribution < -0.4 is 10.2 Å². The number of hydrogen-bond donors (Lipinski definition) is 1. The minimum absolute atomic E-state index is 0.000731. The molecule has 1 spiro atoms. The van der Waals surface area contributed by atoms with Gasteiger partial charge in [0.2, 0.25) is 11.9 Å². The monoisotopic (exact) mass is 378 g/mol. The molecule has 1 aliphatic carbocycles. The Balaban J connectivity index is 1.34. The molecular weight excluding hydrogens is 352 g/mol. The number of aromatic nitrogens is 2. The summed E-state index contributed by atoms with van der Waals surface area (Å²) in [5.74, 6) is 0.958. The summed E-state index contributed by atoms with van der Waals surface area (Å²) in [6, 6.07) is 10.6. The minimum atomic E-state index is 0.000731. The zero-order valence-electron chi connectivity index (χ0n) is 16.0. The number of hydrogen-bond acceptors (Lipinski definition) is 5. The lowest BCUT2D eigenvalue weighted by atomic mass is 9.73. The SMILES string of the molecule is O=C(N[C@@H]1CC2(CCN(c3ncccn3)CC2)c2ccccc21)[C@@H]1CCOC1. The van der Waals surface area contributed by atoms with Gasteiger partial charge in [-0.1, -0.05) is 24.3 Å². The number of amides is 1. The third-order valence-electron chi connectivity index (χ3n) is 6.67. The summed E-state index contributed by atoms with van der Waals surface area (Å²) in [5, 5.41) is 3.33. The number of fused-ring (bicyclic) bond motifs is 2. The second-order valence-electron chi connectivity index (χ2n) is 8.23. The molecule has 1 amide bonds. The number of benzene rings is 1. The Kier molecular flexibility index (Phi) is 4.51. The van der Waals surface area contributed by atoms with Crippen molar-refractivity contribution in [2.45, 2.75) is 37.1 Å². The van der Waals surface area contributed by atoms with Gasteiger partial charge in [-0.05, 0) is 42.9 Å². The smallest absolute Gasteiger partial charge is 0.226 e. The second-order valence-corrected chi connectivity index (χ2v) is 8.23. The molecule has 0 bridgehead atoms. The fraction of sp³-hybridized carbons (Fsp3) is 0.500. The highest BCUT2D eigenvalue weighted by Crippen LogP contribution is 2.51. The first-order valence-corrected chi connectivity index (χ1v) is 10.2. The molecule has 1 aromatic carbocycles. The first kappa shape index (κ1) is 17.6. The van der Waals surface area contributed by atoms with Crippen LogP contribution in [0.5, 0.6) is 0 Å². The van der Waals surface area contributed by atoms with Crippen LogP contribution in [0.25, 0.3) is 0 Å². The highest BCUT2D eigenvalue weighted by Gasteiger charge is 2.46. The van der Waals surface area contributed by atoms with Crippen LogP contribution in [0.2, 0.25) is 0 Å². The van der Waals surface area contributed by atoms with Crippen molar-refractivity contribution in [3.8, 4) is 0 Å². The van der Waals surface area contributed by atoms with E-state index in [0.29, 0.717) is 13.2 Å². The van der Waals surface area contributed by atoms with Crippen molar-refractivity contribution < 1.29 is 9.53 Å². The van der Waals surface area contributed by atoms with Crippen molar-refractivity contribution >= 4 is 11.9 Å². The van der Waals surface area contributed by atoms with Crippen LogP contribution in [0.4, 0.5) is 5.95 Å². The molecule has 0 saturated carbocycles. The fourth-order valence-corrected chi connectivity index (χ4v) is 5.12. The maximum Gasteiger partial charge on any atom is 0.226 e. The predicted octanol–water partition coefficient (Wildman–Crippen LogP) is 2.61. The zero-order valence-corrected chi connectivity index (χ0v) is 16.0. The van der Waals surface area contributed by atoms with E-state index in [1.807, 2.05) is 6.07 Å². The summed E-state index contributed by atoms with van der Waals surface area (Å²) in [7, 11) is 0. The van der Waals surface area contributed by atoms with Gasteiger partial charge in [-0.3, -0.25) is 4.79 Å². The molecule has 1 aromatic heterocycles. The summed E-state index contributed by atoms with van der Waals surface area (Å²) in [5.41, 5.74) is 2.84. The van der Waals surface area contributed by atoms with Gasteiger partial charge in [0.05, 0.1) is 18.6 Å². The van der Waals surface area contributed by atoms with E-state index in [1.54, 1.807) is 12.4 Å². The van der Waals surface area contributed by atoms with Crippen molar-refractivity contribution in [3.05, 3.63) is 53.9 Å². The highest BCUT2D eigenvalue weighted by molar-refractivity contribution is 5.79. The van der Waals surface area contributed by atoms with Crippen molar-refractivity contribution in [1.82, 2.24) is 15.3 Å². The Morgan fingerprint density at radius 3 is 2.68 bits per heavy atom. The van der Waals surface area contributed by atoms with Crippen LogP contribution in [0.3, 0.4) is 0 Å². The molecule has 28 heavy (non-hydrogen) atoms. The lowest BCUT2D eigenvalue weighted by molar-refractivity contribution is -0.125. The summed E-state index contributed by atoms with van der Waals surface area (Å²) in [4.78, 5) is 23.8. The molecule has 1 N–H and O–H groups in total. The van der Waals surface area contributed by atoms with Crippen LogP contribution >= 0.6 is 0 Å². The number of nitrogens with one attached hydrogen (secondary N) is 1. The third kappa shape index (κ3) is 3.05. The summed E-state index contributed by atoms with van der Waals surface area (Å²) < 4.78 is 5.40. The molecule has 0 radical (unpaired) electrons. The molecule has 2 atom stereocenters. The van der Waals surface area contributed by atoms with E-state index in [1.165, 1.54) is 11.1 Å². The molecule has 2 aromatic rings. The first-order chi connectivity index (χ1) is 13.8. The lowest BCUT2D eigenvalue weighted by Gasteiger charge is -2.40. The fourth-order valence-electron chi connectivity index (χ4n) is 5.12. The van der Waals surface area contributed by atoms with Gasteiger partial charge in [0.1, 0.15) is 0 Å². The van der Waals surface area contributed by atoms with Crippen LogP contribution in [-0.4, -0.2) is 42.2 Å². The van der Waals surface area contributed by atoms with E-state index in [4.69, 9.17) is 4.74 Å². The first-order valence-electron chi connectivity index (χ1n) is 10.2. The number of ether oxygens (including phenoxy) is 1. The van der Waals surface area contributed by atoms with Gasteiger partial charge < -0.3 is 15.0 Å². The summed E-state index contributed by atoms with van der Waals surface area (Å²) >= 11 is 0. The lowest BCUT2D eigenvalue weighted by Crippen LogP contribution is -2.43. The number of rotatable bonds is 3. The molecular formula is C22H26N4O2. The number of anilines is 1. The number of carbonyl (C=O) groups is 1. The van der Waals surface area contributed by atoms with Gasteiger partial charge in [-0.2, -0.15) is 0 Å². The van der Waals surface area contributed by atoms with E-state index in [2.05, 4.69) is 44.5 Å². The molecule has 3 heterocycles. The predicted molar refractivity (Wildman–Crippen MR) is 106 cm³/mol. The average molecular weight is 378 g/mol. The van der Waals surface area contributed by atoms with Gasteiger partial charge >= 0.3 is 0 Å². The number of carbonyl (C=O) groups excluding carboxylic acids is 1. The molecule has 2 fully saturated rings. The topological polar surface area (TPSA) is 67.4 Å². The molecule has 2 aliphatic heterocycles. The molecule has 0 unspecified atom stereocenters. The number of piperidine rings is 1. The zero-order chi connectivity index (χ0) is 19.0. The molecule has 3 aliphatic rings. The molecule has 6 nitrogen and oxygen atoms in total. The second kappa shape index (κ2) is 7.17. The normalized spacial score (nSPS) is 25.6. The standard InChI is InChI=1S/C22H26N4O2/c27-20(16-6-13-28-15-16)25-19-14-22(18-5-2-1-4-17(18)19)7-11-26(12-8-22)21-23-9-3-10-24-21/h1-5,9-10,16,19H,6-8,11-15H2,(H,25,27)/t16-,19-/m1/s1. The molecule has 5 rings (SSSR count). The third-order valence-corrected chi connectivity index (χ3v) is 6.67. The van der Waals surface area contributed by atoms with E-state index in [0.717, 1.165) is 44.7 Å². The molecule has 2 saturated heterocycles. The van der Waals surface area contributed by atoms with Gasteiger partial charge in [0.25, 0.3) is 0 Å². The van der Waals surface area contributed by atoms with Gasteiger partial charge in [0.15, 0.2) is 0 Å². The molecule has 146 valence electrons. The van der Waals surface area contributed by atoms with Gasteiger partial charge in [-0.15, -0.1) is 0 Å². The largest absolute Gasteiger partial charge is 0.381 e. The van der Waals surface area contributed by atoms with E-state index in [-0.39, 0.29) is 23.3 Å². The van der Waals surface area contributed by atoms with Crippen LogP contribution in [0.1, 0.15) is 42.9 Å². The van der Waals surface area contributed by atoms with Crippen molar-refractivity contribution in [1.29, 1.82) is 0 Å². The summed E-state index contributed by atoms with van der Waals surface area (Å²) in [6.07, 6.45) is 7.53. The minimum Gasteiger partial charge on any atom is -0.381 e. The Morgan fingerprint density at radius 1 is 1.14 bits per heavy atom. The van der Waals surface area contributed by atoms with Gasteiger partial charge in [-0.25, -0.2) is 9.97 Å². The maximum absolute atomic E-state index is 12.7. The van der Waals surface area contributed by atoms with Crippen LogP contribution in [0, 0.1) is 5.92 Å². The quantitative estimate of drug-likeness (QED) is 0.889. The Bertz CT molecular complexity index is 843. The highest BCUT2D eigenvalue weighted by atomic mass is 16.5. The van der Waals surface area contributed by atoms with Crippen molar-refractivity contribution in [3.63, 3.8) is 0 Å². The van der Waals surface area contributed by atoms with E-state index in [9.17, 15) is 4.79 Å². The maximum atomic E-state index is 12.7.